The minimum atomic E-state index is -2.12. The Morgan fingerprint density at radius 2 is 1.95 bits per heavy atom. The van der Waals surface area contributed by atoms with Crippen LogP contribution in [-0.4, -0.2) is 18.7 Å². The molecule has 0 spiro atoms. The molecular weight excluding hydrogens is 304 g/mol. The predicted molar refractivity (Wildman–Crippen MR) is 86.5 cm³/mol. The van der Waals surface area contributed by atoms with Gasteiger partial charge in [-0.05, 0) is 30.3 Å². The zero-order chi connectivity index (χ0) is 15.5. The van der Waals surface area contributed by atoms with Crippen LogP contribution in [-0.2, 0) is 11.3 Å². The molecule has 4 N–H and O–H groups in total. The fourth-order valence-corrected chi connectivity index (χ4v) is 2.41. The van der Waals surface area contributed by atoms with Crippen LogP contribution in [0.25, 0.3) is 11.0 Å². The highest BCUT2D eigenvalue weighted by Gasteiger charge is 2.04. The lowest BCUT2D eigenvalue weighted by Crippen LogP contribution is -2.05. The van der Waals surface area contributed by atoms with Gasteiger partial charge in [-0.25, -0.2) is 9.19 Å². The van der Waals surface area contributed by atoms with Gasteiger partial charge in [0.15, 0.2) is 0 Å². The first-order chi connectivity index (χ1) is 10.6. The molecule has 3 aromatic rings. The number of nitrogens with one attached hydrogen (secondary N) is 3. The SMILES string of the molecule is O=c1ccc2c(Nc3cccc(NS(=O)O)c3)ccnc2[nH]1. The third kappa shape index (κ3) is 3.13. The number of hydrogen-bond donors (Lipinski definition) is 4. The summed E-state index contributed by atoms with van der Waals surface area (Å²) in [7, 11) is 0. The maximum atomic E-state index is 11.3. The zero-order valence-corrected chi connectivity index (χ0v) is 12.1. The molecule has 1 atom stereocenters. The van der Waals surface area contributed by atoms with E-state index in [1.165, 1.54) is 6.07 Å². The molecule has 2 heterocycles. The summed E-state index contributed by atoms with van der Waals surface area (Å²) >= 11 is -2.12. The largest absolute Gasteiger partial charge is 0.355 e. The molecule has 3 rings (SSSR count). The van der Waals surface area contributed by atoms with Gasteiger partial charge in [0.1, 0.15) is 5.65 Å². The molecule has 7 nitrogen and oxygen atoms in total. The molecule has 0 aliphatic heterocycles. The summed E-state index contributed by atoms with van der Waals surface area (Å²) in [6, 6.07) is 11.9. The summed E-state index contributed by atoms with van der Waals surface area (Å²) < 4.78 is 22.0. The number of rotatable bonds is 4. The van der Waals surface area contributed by atoms with E-state index in [0.29, 0.717) is 11.3 Å². The van der Waals surface area contributed by atoms with Crippen LogP contribution in [0.2, 0.25) is 0 Å². The summed E-state index contributed by atoms with van der Waals surface area (Å²) in [6.07, 6.45) is 1.59. The van der Waals surface area contributed by atoms with Crippen LogP contribution in [0.3, 0.4) is 0 Å². The monoisotopic (exact) mass is 316 g/mol. The van der Waals surface area contributed by atoms with Gasteiger partial charge >= 0.3 is 0 Å². The Balaban J connectivity index is 1.96. The van der Waals surface area contributed by atoms with Crippen molar-refractivity contribution in [3.8, 4) is 0 Å². The Morgan fingerprint density at radius 3 is 2.77 bits per heavy atom. The molecule has 0 fully saturated rings. The van der Waals surface area contributed by atoms with Gasteiger partial charge in [0.2, 0.25) is 5.56 Å². The van der Waals surface area contributed by atoms with Crippen LogP contribution in [0.4, 0.5) is 17.1 Å². The van der Waals surface area contributed by atoms with Gasteiger partial charge in [0.25, 0.3) is 11.3 Å². The Kier molecular flexibility index (Phi) is 3.86. The lowest BCUT2D eigenvalue weighted by Gasteiger charge is -2.10. The second-order valence-electron chi connectivity index (χ2n) is 4.50. The van der Waals surface area contributed by atoms with E-state index in [0.717, 1.165) is 16.8 Å². The Morgan fingerprint density at radius 1 is 1.14 bits per heavy atom. The molecule has 1 aromatic carbocycles. The molecule has 0 aliphatic carbocycles. The fourth-order valence-electron chi connectivity index (χ4n) is 2.08. The van der Waals surface area contributed by atoms with E-state index < -0.39 is 11.3 Å². The van der Waals surface area contributed by atoms with E-state index in [2.05, 4.69) is 20.0 Å². The Hall–Kier alpha value is -2.71. The normalized spacial score (nSPS) is 12.0. The van der Waals surface area contributed by atoms with Crippen molar-refractivity contribution in [1.29, 1.82) is 0 Å². The standard InChI is InChI=1S/C14H12N4O3S/c19-13-5-4-11-12(6-7-15-14(11)17-13)16-9-2-1-3-10(8-9)18-22(20)21/h1-8,18H,(H,20,21)(H2,15,16,17,19). The Bertz CT molecular complexity index is 910. The van der Waals surface area contributed by atoms with Crippen LogP contribution >= 0.6 is 0 Å². The van der Waals surface area contributed by atoms with Crippen molar-refractivity contribution in [2.24, 2.45) is 0 Å². The second-order valence-corrected chi connectivity index (χ2v) is 5.20. The van der Waals surface area contributed by atoms with Crippen LogP contribution in [0, 0.1) is 0 Å². The molecule has 8 heteroatoms. The minimum absolute atomic E-state index is 0.214. The number of aromatic nitrogens is 2. The molecule has 112 valence electrons. The highest BCUT2D eigenvalue weighted by Crippen LogP contribution is 2.24. The molecule has 0 amide bonds. The summed E-state index contributed by atoms with van der Waals surface area (Å²) in [4.78, 5) is 18.1. The van der Waals surface area contributed by atoms with E-state index in [4.69, 9.17) is 4.55 Å². The van der Waals surface area contributed by atoms with Crippen molar-refractivity contribution in [2.75, 3.05) is 10.0 Å². The lowest BCUT2D eigenvalue weighted by atomic mass is 10.2. The van der Waals surface area contributed by atoms with Crippen LogP contribution in [0.5, 0.6) is 0 Å². The van der Waals surface area contributed by atoms with Gasteiger partial charge in [-0.15, -0.1) is 0 Å². The number of anilines is 3. The quantitative estimate of drug-likeness (QED) is 0.552. The third-order valence-electron chi connectivity index (χ3n) is 2.98. The van der Waals surface area contributed by atoms with Crippen molar-refractivity contribution in [1.82, 2.24) is 9.97 Å². The van der Waals surface area contributed by atoms with E-state index in [1.807, 2.05) is 6.07 Å². The van der Waals surface area contributed by atoms with Gasteiger partial charge in [0.05, 0.1) is 11.4 Å². The van der Waals surface area contributed by atoms with Crippen molar-refractivity contribution < 1.29 is 8.76 Å². The van der Waals surface area contributed by atoms with Crippen molar-refractivity contribution in [3.05, 3.63) is 59.0 Å². The van der Waals surface area contributed by atoms with Crippen molar-refractivity contribution in [3.63, 3.8) is 0 Å². The van der Waals surface area contributed by atoms with Crippen LogP contribution < -0.4 is 15.6 Å². The topological polar surface area (TPSA) is 107 Å². The number of hydrogen-bond acceptors (Lipinski definition) is 4. The molecule has 0 bridgehead atoms. The molecule has 0 aliphatic rings. The van der Waals surface area contributed by atoms with E-state index in [-0.39, 0.29) is 5.56 Å². The number of fused-ring (bicyclic) bond motifs is 1. The highest BCUT2D eigenvalue weighted by atomic mass is 32.2. The smallest absolute Gasteiger partial charge is 0.259 e. The first kappa shape index (κ1) is 14.2. The van der Waals surface area contributed by atoms with Crippen molar-refractivity contribution >= 4 is 39.4 Å². The van der Waals surface area contributed by atoms with E-state index in [9.17, 15) is 9.00 Å². The van der Waals surface area contributed by atoms with Gasteiger partial charge in [-0.2, -0.15) is 0 Å². The maximum absolute atomic E-state index is 11.3. The predicted octanol–water partition coefficient (Wildman–Crippen LogP) is 2.22. The summed E-state index contributed by atoms with van der Waals surface area (Å²) in [5.74, 6) is 0. The summed E-state index contributed by atoms with van der Waals surface area (Å²) in [6.45, 7) is 0. The number of pyridine rings is 2. The average Bonchev–Trinajstić information content (AvgIpc) is 2.47. The van der Waals surface area contributed by atoms with Crippen molar-refractivity contribution in [2.45, 2.75) is 0 Å². The summed E-state index contributed by atoms with van der Waals surface area (Å²) in [5, 5.41) is 3.97. The number of H-pyrrole nitrogens is 1. The molecule has 22 heavy (non-hydrogen) atoms. The fraction of sp³-hybridized carbons (Fsp3) is 0. The average molecular weight is 316 g/mol. The molecule has 0 radical (unpaired) electrons. The first-order valence-corrected chi connectivity index (χ1v) is 7.45. The van der Waals surface area contributed by atoms with Gasteiger partial charge in [0, 0.05) is 23.3 Å². The van der Waals surface area contributed by atoms with E-state index in [1.54, 1.807) is 36.5 Å². The minimum Gasteiger partial charge on any atom is -0.355 e. The number of benzene rings is 1. The lowest BCUT2D eigenvalue weighted by molar-refractivity contribution is 0.570. The maximum Gasteiger partial charge on any atom is 0.259 e. The summed E-state index contributed by atoms with van der Waals surface area (Å²) in [5.41, 5.74) is 2.28. The van der Waals surface area contributed by atoms with Crippen LogP contribution in [0.1, 0.15) is 0 Å². The molecular formula is C14H12N4O3S. The van der Waals surface area contributed by atoms with Crippen LogP contribution in [0.15, 0.2) is 53.5 Å². The number of nitrogens with zero attached hydrogens (tertiary/aromatic N) is 1. The Labute approximate surface area is 127 Å². The molecule has 0 saturated carbocycles. The molecule has 0 saturated heterocycles. The molecule has 1 unspecified atom stereocenters. The first-order valence-electron chi connectivity index (χ1n) is 6.34. The number of aromatic amines is 1. The van der Waals surface area contributed by atoms with Gasteiger partial charge in [-0.3, -0.25) is 14.1 Å². The second kappa shape index (κ2) is 5.96. The van der Waals surface area contributed by atoms with Gasteiger partial charge < -0.3 is 10.3 Å². The zero-order valence-electron chi connectivity index (χ0n) is 11.2. The highest BCUT2D eigenvalue weighted by molar-refractivity contribution is 7.80. The van der Waals surface area contributed by atoms with Gasteiger partial charge in [-0.1, -0.05) is 6.07 Å². The third-order valence-corrected chi connectivity index (χ3v) is 3.39. The van der Waals surface area contributed by atoms with E-state index >= 15 is 0 Å². The molecule has 2 aromatic heterocycles.